The second-order valence-corrected chi connectivity index (χ2v) is 7.30. The Balaban J connectivity index is 1.82. The number of aryl methyl sites for hydroxylation is 1. The van der Waals surface area contributed by atoms with Gasteiger partial charge in [-0.2, -0.15) is 0 Å². The van der Waals surface area contributed by atoms with Gasteiger partial charge in [-0.05, 0) is 44.5 Å². The first-order valence-corrected chi connectivity index (χ1v) is 9.88. The molecule has 1 N–H and O–H groups in total. The van der Waals surface area contributed by atoms with E-state index in [1.54, 1.807) is 12.1 Å². The molecule has 2 heterocycles. The zero-order valence-corrected chi connectivity index (χ0v) is 17.1. The summed E-state index contributed by atoms with van der Waals surface area (Å²) >= 11 is 0. The van der Waals surface area contributed by atoms with Crippen LogP contribution >= 0.6 is 0 Å². The molecule has 8 heteroatoms. The van der Waals surface area contributed by atoms with Gasteiger partial charge in [-0.25, -0.2) is 18.9 Å². The van der Waals surface area contributed by atoms with Crippen LogP contribution in [0, 0.1) is 6.92 Å². The molecule has 4 rings (SSSR count). The fraction of sp³-hybridized carbons (Fsp3) is 0.273. The van der Waals surface area contributed by atoms with Crippen molar-refractivity contribution in [1.82, 2.24) is 24.5 Å². The van der Waals surface area contributed by atoms with Crippen molar-refractivity contribution in [2.75, 3.05) is 0 Å². The van der Waals surface area contributed by atoms with Crippen molar-refractivity contribution in [2.45, 2.75) is 39.8 Å². The van der Waals surface area contributed by atoms with Crippen LogP contribution < -0.4 is 15.7 Å². The first kappa shape index (κ1) is 19.6. The Labute approximate surface area is 173 Å². The lowest BCUT2D eigenvalue weighted by molar-refractivity contribution is -0.122. The molecule has 0 saturated carbocycles. The zero-order chi connectivity index (χ0) is 21.3. The van der Waals surface area contributed by atoms with E-state index in [9.17, 15) is 9.59 Å². The lowest BCUT2D eigenvalue weighted by Crippen LogP contribution is -2.37. The van der Waals surface area contributed by atoms with Gasteiger partial charge in [0.05, 0.1) is 11.0 Å². The molecule has 154 valence electrons. The first-order chi connectivity index (χ1) is 14.5. The Bertz CT molecular complexity index is 1270. The van der Waals surface area contributed by atoms with Crippen LogP contribution in [0.2, 0.25) is 0 Å². The molecule has 1 atom stereocenters. The maximum Gasteiger partial charge on any atom is 0.351 e. The van der Waals surface area contributed by atoms with E-state index in [4.69, 9.17) is 4.74 Å². The smallest absolute Gasteiger partial charge is 0.351 e. The van der Waals surface area contributed by atoms with E-state index < -0.39 is 5.69 Å². The molecule has 2 aromatic heterocycles. The molecule has 0 spiro atoms. The lowest BCUT2D eigenvalue weighted by atomic mass is 10.2. The molecule has 0 fully saturated rings. The van der Waals surface area contributed by atoms with Crippen molar-refractivity contribution in [3.63, 3.8) is 0 Å². The summed E-state index contributed by atoms with van der Waals surface area (Å²) in [6.07, 6.45) is 0.800. The number of benzene rings is 2. The molecule has 0 aliphatic carbocycles. The highest BCUT2D eigenvalue weighted by molar-refractivity contribution is 5.80. The van der Waals surface area contributed by atoms with Gasteiger partial charge in [0.2, 0.25) is 11.6 Å². The van der Waals surface area contributed by atoms with E-state index in [2.05, 4.69) is 15.4 Å². The van der Waals surface area contributed by atoms with Gasteiger partial charge in [0.1, 0.15) is 12.3 Å². The summed E-state index contributed by atoms with van der Waals surface area (Å²) in [5, 5.41) is 7.22. The highest BCUT2D eigenvalue weighted by Gasteiger charge is 2.19. The average Bonchev–Trinajstić information content (AvgIpc) is 3.06. The summed E-state index contributed by atoms with van der Waals surface area (Å²) in [6.45, 7) is 5.70. The molecule has 1 amide bonds. The summed E-state index contributed by atoms with van der Waals surface area (Å²) in [6, 6.07) is 14.8. The van der Waals surface area contributed by atoms with E-state index in [1.165, 1.54) is 4.40 Å². The molecule has 0 saturated heterocycles. The number of rotatable bonds is 6. The lowest BCUT2D eigenvalue weighted by Gasteiger charge is -2.10. The summed E-state index contributed by atoms with van der Waals surface area (Å²) in [7, 11) is 0. The summed E-state index contributed by atoms with van der Waals surface area (Å²) in [4.78, 5) is 30.0. The van der Waals surface area contributed by atoms with Crippen molar-refractivity contribution >= 4 is 22.6 Å². The fourth-order valence-electron chi connectivity index (χ4n) is 3.12. The number of fused-ring (bicyclic) bond motifs is 3. The molecule has 0 aliphatic heterocycles. The number of aromatic nitrogens is 4. The summed E-state index contributed by atoms with van der Waals surface area (Å²) in [5.74, 6) is 0.519. The monoisotopic (exact) mass is 405 g/mol. The van der Waals surface area contributed by atoms with Gasteiger partial charge in [-0.3, -0.25) is 4.79 Å². The highest BCUT2D eigenvalue weighted by Crippen LogP contribution is 2.26. The summed E-state index contributed by atoms with van der Waals surface area (Å²) in [5.41, 5.74) is 2.14. The third kappa shape index (κ3) is 3.76. The zero-order valence-electron chi connectivity index (χ0n) is 17.1. The average molecular weight is 405 g/mol. The van der Waals surface area contributed by atoms with Crippen LogP contribution in [0.25, 0.3) is 16.7 Å². The summed E-state index contributed by atoms with van der Waals surface area (Å²) < 4.78 is 8.54. The third-order valence-electron chi connectivity index (χ3n) is 4.92. The minimum atomic E-state index is -0.420. The van der Waals surface area contributed by atoms with Crippen LogP contribution in [-0.2, 0) is 11.3 Å². The second kappa shape index (κ2) is 7.98. The highest BCUT2D eigenvalue weighted by atomic mass is 16.5. The molecule has 30 heavy (non-hydrogen) atoms. The standard InChI is InChI=1S/C22H23N5O3/c1-4-15(3)23-19(28)13-26-22(29)27-18-8-6-5-7-17(18)24-21(20(27)25-26)30-16-11-9-14(2)10-12-16/h5-12,15H,4,13H2,1-3H3,(H,23,28). The second-order valence-electron chi connectivity index (χ2n) is 7.30. The maximum atomic E-state index is 13.1. The van der Waals surface area contributed by atoms with Crippen LogP contribution in [0.3, 0.4) is 0 Å². The molecule has 0 radical (unpaired) electrons. The molecule has 2 aromatic carbocycles. The van der Waals surface area contributed by atoms with Crippen LogP contribution in [0.1, 0.15) is 25.8 Å². The Morgan fingerprint density at radius 1 is 1.17 bits per heavy atom. The molecule has 1 unspecified atom stereocenters. The van der Waals surface area contributed by atoms with Gasteiger partial charge in [0.25, 0.3) is 5.88 Å². The van der Waals surface area contributed by atoms with E-state index >= 15 is 0 Å². The molecular weight excluding hydrogens is 382 g/mol. The van der Waals surface area contributed by atoms with Crippen LogP contribution in [0.4, 0.5) is 0 Å². The topological polar surface area (TPSA) is 90.5 Å². The minimum absolute atomic E-state index is 0.0214. The SMILES string of the molecule is CCC(C)NC(=O)Cn1nc2c(Oc3ccc(C)cc3)nc3ccccc3n2c1=O. The first-order valence-electron chi connectivity index (χ1n) is 9.88. The Morgan fingerprint density at radius 3 is 2.63 bits per heavy atom. The van der Waals surface area contributed by atoms with Crippen LogP contribution in [0.5, 0.6) is 11.6 Å². The van der Waals surface area contributed by atoms with Gasteiger partial charge >= 0.3 is 5.69 Å². The number of amides is 1. The number of hydrogen-bond donors (Lipinski definition) is 1. The largest absolute Gasteiger partial charge is 0.436 e. The van der Waals surface area contributed by atoms with E-state index in [1.807, 2.05) is 57.2 Å². The van der Waals surface area contributed by atoms with E-state index in [0.29, 0.717) is 16.8 Å². The Hall–Kier alpha value is -3.68. The predicted molar refractivity (Wildman–Crippen MR) is 114 cm³/mol. The van der Waals surface area contributed by atoms with Crippen LogP contribution in [-0.4, -0.2) is 31.1 Å². The van der Waals surface area contributed by atoms with Crippen molar-refractivity contribution in [2.24, 2.45) is 0 Å². The molecule has 0 bridgehead atoms. The number of hydrogen-bond acceptors (Lipinski definition) is 5. The van der Waals surface area contributed by atoms with E-state index in [-0.39, 0.29) is 30.0 Å². The van der Waals surface area contributed by atoms with E-state index in [0.717, 1.165) is 16.7 Å². The van der Waals surface area contributed by atoms with Crippen LogP contribution in [0.15, 0.2) is 53.3 Å². The van der Waals surface area contributed by atoms with Gasteiger partial charge in [-0.1, -0.05) is 36.8 Å². The van der Waals surface area contributed by atoms with Gasteiger partial charge in [0.15, 0.2) is 0 Å². The predicted octanol–water partition coefficient (Wildman–Crippen LogP) is 3.06. The van der Waals surface area contributed by atoms with Gasteiger partial charge in [-0.15, -0.1) is 5.10 Å². The maximum absolute atomic E-state index is 13.1. The minimum Gasteiger partial charge on any atom is -0.436 e. The quantitative estimate of drug-likeness (QED) is 0.532. The molecule has 0 aliphatic rings. The number of carbonyl (C=O) groups excluding carboxylic acids is 1. The fourth-order valence-corrected chi connectivity index (χ4v) is 3.12. The van der Waals surface area contributed by atoms with Crippen molar-refractivity contribution in [3.05, 3.63) is 64.6 Å². The number of para-hydroxylation sites is 2. The van der Waals surface area contributed by atoms with Crippen molar-refractivity contribution in [3.8, 4) is 11.6 Å². The molecule has 4 aromatic rings. The van der Waals surface area contributed by atoms with Crippen molar-refractivity contribution < 1.29 is 9.53 Å². The molecule has 8 nitrogen and oxygen atoms in total. The Morgan fingerprint density at radius 2 is 1.90 bits per heavy atom. The number of nitrogens with one attached hydrogen (secondary N) is 1. The molecular formula is C22H23N5O3. The number of nitrogens with zero attached hydrogens (tertiary/aromatic N) is 4. The van der Waals surface area contributed by atoms with Crippen molar-refractivity contribution in [1.29, 1.82) is 0 Å². The third-order valence-corrected chi connectivity index (χ3v) is 4.92. The number of carbonyl (C=O) groups is 1. The van der Waals surface area contributed by atoms with Gasteiger partial charge in [0, 0.05) is 6.04 Å². The van der Waals surface area contributed by atoms with Gasteiger partial charge < -0.3 is 10.1 Å². The number of ether oxygens (including phenoxy) is 1. The normalized spacial score (nSPS) is 12.2. The Kier molecular flexibility index (Phi) is 5.22.